The monoisotopic (exact) mass is 296 g/mol. The maximum absolute atomic E-state index is 11.9. The average molecular weight is 296 g/mol. The largest absolute Gasteiger partial charge is 0.497 e. The van der Waals surface area contributed by atoms with Gasteiger partial charge in [0, 0.05) is 12.1 Å². The lowest BCUT2D eigenvalue weighted by Gasteiger charge is -2.21. The summed E-state index contributed by atoms with van der Waals surface area (Å²) in [6, 6.07) is 4.89. The number of aliphatic hydroxyl groups is 1. The highest BCUT2D eigenvalue weighted by atomic mass is 16.6. The van der Waals surface area contributed by atoms with Crippen molar-refractivity contribution in [1.82, 2.24) is 0 Å². The van der Waals surface area contributed by atoms with Gasteiger partial charge in [0.25, 0.3) is 0 Å². The summed E-state index contributed by atoms with van der Waals surface area (Å²) in [6.45, 7) is 5.25. The summed E-state index contributed by atoms with van der Waals surface area (Å²) in [6.07, 6.45) is -0.111. The smallest absolute Gasteiger partial charge is 0.412 e. The van der Waals surface area contributed by atoms with Gasteiger partial charge in [0.1, 0.15) is 11.4 Å². The summed E-state index contributed by atoms with van der Waals surface area (Å²) in [5, 5.41) is 11.8. The van der Waals surface area contributed by atoms with Gasteiger partial charge in [0.05, 0.1) is 19.4 Å². The van der Waals surface area contributed by atoms with E-state index in [1.54, 1.807) is 46.1 Å². The van der Waals surface area contributed by atoms with Crippen LogP contribution in [-0.2, 0) is 11.2 Å². The van der Waals surface area contributed by atoms with E-state index in [0.717, 1.165) is 5.56 Å². The molecule has 1 amide bonds. The summed E-state index contributed by atoms with van der Waals surface area (Å²) in [5.74, 6) is 0.613. The molecule has 1 atom stereocenters. The first-order valence-corrected chi connectivity index (χ1v) is 6.78. The first-order valence-electron chi connectivity index (χ1n) is 6.78. The fourth-order valence-electron chi connectivity index (χ4n) is 1.74. The Morgan fingerprint density at radius 1 is 1.43 bits per heavy atom. The molecule has 6 nitrogen and oxygen atoms in total. The van der Waals surface area contributed by atoms with Gasteiger partial charge in [-0.15, -0.1) is 0 Å². The van der Waals surface area contributed by atoms with Gasteiger partial charge in [0.2, 0.25) is 0 Å². The van der Waals surface area contributed by atoms with Gasteiger partial charge in [-0.3, -0.25) is 5.32 Å². The van der Waals surface area contributed by atoms with Crippen LogP contribution >= 0.6 is 0 Å². The molecule has 1 rings (SSSR count). The van der Waals surface area contributed by atoms with Crippen molar-refractivity contribution in [2.24, 2.45) is 5.73 Å². The number of methoxy groups -OCH3 is 1. The highest BCUT2D eigenvalue weighted by Gasteiger charge is 2.18. The topological polar surface area (TPSA) is 93.8 Å². The third-order valence-electron chi connectivity index (χ3n) is 2.67. The predicted molar refractivity (Wildman–Crippen MR) is 81.6 cm³/mol. The molecule has 0 saturated carbocycles. The van der Waals surface area contributed by atoms with Crippen LogP contribution in [0, 0.1) is 0 Å². The summed E-state index contributed by atoms with van der Waals surface area (Å²) in [4.78, 5) is 11.9. The zero-order valence-corrected chi connectivity index (χ0v) is 13.0. The van der Waals surface area contributed by atoms with E-state index in [9.17, 15) is 4.79 Å². The third kappa shape index (κ3) is 6.01. The average Bonchev–Trinajstić information content (AvgIpc) is 2.38. The van der Waals surface area contributed by atoms with E-state index in [4.69, 9.17) is 20.3 Å². The number of aliphatic hydroxyl groups excluding tert-OH is 1. The van der Waals surface area contributed by atoms with Crippen LogP contribution in [0.1, 0.15) is 26.3 Å². The van der Waals surface area contributed by atoms with Crippen molar-refractivity contribution in [2.75, 3.05) is 19.0 Å². The van der Waals surface area contributed by atoms with Crippen molar-refractivity contribution in [3.8, 4) is 5.75 Å². The second-order valence-electron chi connectivity index (χ2n) is 5.80. The summed E-state index contributed by atoms with van der Waals surface area (Å²) in [7, 11) is 1.55. The molecule has 0 heterocycles. The molecule has 0 aliphatic carbocycles. The molecule has 0 aromatic heterocycles. The lowest BCUT2D eigenvalue weighted by Crippen LogP contribution is -2.29. The second kappa shape index (κ2) is 7.28. The molecule has 0 aliphatic heterocycles. The van der Waals surface area contributed by atoms with Crippen LogP contribution in [0.25, 0.3) is 0 Å². The van der Waals surface area contributed by atoms with Gasteiger partial charge < -0.3 is 20.3 Å². The first-order chi connectivity index (χ1) is 9.75. The molecule has 0 radical (unpaired) electrons. The first kappa shape index (κ1) is 17.3. The lowest BCUT2D eigenvalue weighted by molar-refractivity contribution is 0.0636. The predicted octanol–water partition coefficient (Wildman–Crippen LogP) is 1.90. The number of benzene rings is 1. The number of carbonyl (C=O) groups is 1. The van der Waals surface area contributed by atoms with Gasteiger partial charge in [-0.1, -0.05) is 6.07 Å². The van der Waals surface area contributed by atoms with E-state index in [-0.39, 0.29) is 6.61 Å². The summed E-state index contributed by atoms with van der Waals surface area (Å²) >= 11 is 0. The van der Waals surface area contributed by atoms with Gasteiger partial charge >= 0.3 is 6.09 Å². The molecule has 1 aromatic carbocycles. The molecule has 118 valence electrons. The fraction of sp³-hybridized carbons (Fsp3) is 0.533. The number of ether oxygens (including phenoxy) is 2. The molecule has 6 heteroatoms. The number of nitrogens with one attached hydrogen (secondary N) is 1. The van der Waals surface area contributed by atoms with E-state index in [2.05, 4.69) is 5.32 Å². The number of hydrogen-bond donors (Lipinski definition) is 3. The zero-order valence-electron chi connectivity index (χ0n) is 13.0. The van der Waals surface area contributed by atoms with Gasteiger partial charge in [0.15, 0.2) is 0 Å². The minimum Gasteiger partial charge on any atom is -0.497 e. The molecule has 4 N–H and O–H groups in total. The van der Waals surface area contributed by atoms with Crippen LogP contribution in [0.5, 0.6) is 5.75 Å². The normalized spacial score (nSPS) is 12.7. The van der Waals surface area contributed by atoms with E-state index in [1.807, 2.05) is 0 Å². The van der Waals surface area contributed by atoms with Crippen molar-refractivity contribution in [3.63, 3.8) is 0 Å². The number of anilines is 1. The van der Waals surface area contributed by atoms with E-state index in [1.165, 1.54) is 0 Å². The lowest BCUT2D eigenvalue weighted by atomic mass is 10.0. The standard InChI is InChI=1S/C15H24N2O4/c1-15(2,3)21-14(19)17-13-8-12(20-4)6-5-10(13)7-11(16)9-18/h5-6,8,11,18H,7,9,16H2,1-4H3,(H,17,19). The molecule has 21 heavy (non-hydrogen) atoms. The molecule has 1 unspecified atom stereocenters. The highest BCUT2D eigenvalue weighted by Crippen LogP contribution is 2.24. The van der Waals surface area contributed by atoms with Gasteiger partial charge in [-0.2, -0.15) is 0 Å². The number of hydrogen-bond acceptors (Lipinski definition) is 5. The number of nitrogens with two attached hydrogens (primary N) is 1. The molecule has 0 spiro atoms. The van der Waals surface area contributed by atoms with Crippen molar-refractivity contribution in [1.29, 1.82) is 0 Å². The van der Waals surface area contributed by atoms with Crippen molar-refractivity contribution in [3.05, 3.63) is 23.8 Å². The van der Waals surface area contributed by atoms with Crippen molar-refractivity contribution >= 4 is 11.8 Å². The minimum atomic E-state index is -0.579. The zero-order chi connectivity index (χ0) is 16.0. The number of amides is 1. The molecule has 0 bridgehead atoms. The van der Waals surface area contributed by atoms with Crippen LogP contribution in [0.3, 0.4) is 0 Å². The van der Waals surface area contributed by atoms with E-state index in [0.29, 0.717) is 17.9 Å². The maximum Gasteiger partial charge on any atom is 0.412 e. The second-order valence-corrected chi connectivity index (χ2v) is 5.80. The Balaban J connectivity index is 2.93. The Labute approximate surface area is 125 Å². The molecule has 0 aliphatic rings. The fourth-order valence-corrected chi connectivity index (χ4v) is 1.74. The van der Waals surface area contributed by atoms with Crippen LogP contribution < -0.4 is 15.8 Å². The van der Waals surface area contributed by atoms with Crippen molar-refractivity contribution < 1.29 is 19.4 Å². The Bertz CT molecular complexity index is 483. The molecular weight excluding hydrogens is 272 g/mol. The van der Waals surface area contributed by atoms with Gasteiger partial charge in [-0.05, 0) is 38.8 Å². The third-order valence-corrected chi connectivity index (χ3v) is 2.67. The van der Waals surface area contributed by atoms with E-state index >= 15 is 0 Å². The Hall–Kier alpha value is -1.79. The van der Waals surface area contributed by atoms with Crippen LogP contribution in [0.15, 0.2) is 18.2 Å². The summed E-state index contributed by atoms with van der Waals surface area (Å²) in [5.41, 5.74) is 6.54. The number of carbonyl (C=O) groups excluding carboxylic acids is 1. The molecular formula is C15H24N2O4. The molecule has 0 fully saturated rings. The highest BCUT2D eigenvalue weighted by molar-refractivity contribution is 5.86. The van der Waals surface area contributed by atoms with Crippen LogP contribution in [0.2, 0.25) is 0 Å². The maximum atomic E-state index is 11.9. The Kier molecular flexibility index (Phi) is 5.99. The Morgan fingerprint density at radius 3 is 2.62 bits per heavy atom. The minimum absolute atomic E-state index is 0.127. The molecule has 0 saturated heterocycles. The summed E-state index contributed by atoms with van der Waals surface area (Å²) < 4.78 is 10.4. The van der Waals surface area contributed by atoms with Crippen molar-refractivity contribution in [2.45, 2.75) is 38.8 Å². The quantitative estimate of drug-likeness (QED) is 0.771. The van der Waals surface area contributed by atoms with Crippen LogP contribution in [0.4, 0.5) is 10.5 Å². The van der Waals surface area contributed by atoms with E-state index < -0.39 is 17.7 Å². The number of rotatable bonds is 5. The Morgan fingerprint density at radius 2 is 2.10 bits per heavy atom. The molecule has 1 aromatic rings. The van der Waals surface area contributed by atoms with Crippen LogP contribution in [-0.4, -0.2) is 36.6 Å². The SMILES string of the molecule is COc1ccc(CC(N)CO)c(NC(=O)OC(C)(C)C)c1. The van der Waals surface area contributed by atoms with Gasteiger partial charge in [-0.25, -0.2) is 4.79 Å².